The Morgan fingerprint density at radius 2 is 0.941 bits per heavy atom. The van der Waals surface area contributed by atoms with Crippen molar-refractivity contribution in [2.75, 3.05) is 24.9 Å². The second kappa shape index (κ2) is 17.6. The molecule has 0 saturated carbocycles. The van der Waals surface area contributed by atoms with Crippen molar-refractivity contribution in [3.63, 3.8) is 0 Å². The number of methoxy groups -OCH3 is 2. The number of nitrogens with zero attached hydrogens (tertiary/aromatic N) is 2. The minimum absolute atomic E-state index is 0.0405. The fraction of sp³-hybridized carbons (Fsp3) is 0.189. The molecule has 14 nitrogen and oxygen atoms in total. The largest absolute Gasteiger partial charge is 0.507 e. The van der Waals surface area contributed by atoms with Gasteiger partial charge in [-0.1, -0.05) is 48.5 Å². The van der Waals surface area contributed by atoms with Gasteiger partial charge in [-0.25, -0.2) is 10.9 Å². The number of anilines is 2. The highest BCUT2D eigenvalue weighted by molar-refractivity contribution is 6.13. The highest BCUT2D eigenvalue weighted by Crippen LogP contribution is 2.28. The highest BCUT2D eigenvalue weighted by Gasteiger charge is 2.33. The number of hydrazone groups is 2. The van der Waals surface area contributed by atoms with E-state index in [2.05, 4.69) is 31.7 Å². The molecular weight excluding hydrogens is 656 g/mol. The van der Waals surface area contributed by atoms with Crippen LogP contribution in [0.4, 0.5) is 11.4 Å². The van der Waals surface area contributed by atoms with E-state index in [1.165, 1.54) is 52.3 Å². The number of rotatable bonds is 14. The summed E-state index contributed by atoms with van der Waals surface area (Å²) in [5.74, 6) is -4.78. The van der Waals surface area contributed by atoms with Crippen LogP contribution < -0.4 is 31.0 Å². The smallest absolute Gasteiger partial charge is 0.275 e. The van der Waals surface area contributed by atoms with Gasteiger partial charge < -0.3 is 30.3 Å². The minimum atomic E-state index is -1.17. The summed E-state index contributed by atoms with van der Waals surface area (Å²) in [7, 11) is 2.90. The Balaban J connectivity index is 1.72. The molecule has 0 fully saturated rings. The van der Waals surface area contributed by atoms with Crippen LogP contribution in [-0.2, 0) is 9.59 Å². The number of ether oxygens (including phenoxy) is 2. The van der Waals surface area contributed by atoms with Crippen molar-refractivity contribution in [2.24, 2.45) is 22.0 Å². The van der Waals surface area contributed by atoms with Crippen LogP contribution in [0.1, 0.15) is 41.0 Å². The van der Waals surface area contributed by atoms with E-state index < -0.39 is 35.5 Å². The van der Waals surface area contributed by atoms with Crippen LogP contribution in [0.2, 0.25) is 0 Å². The number of benzene rings is 4. The average molecular weight is 695 g/mol. The number of aromatic hydroxyl groups is 2. The molecule has 0 aromatic heterocycles. The second-order valence-electron chi connectivity index (χ2n) is 11.1. The molecule has 0 aliphatic heterocycles. The Morgan fingerprint density at radius 1 is 0.588 bits per heavy atom. The van der Waals surface area contributed by atoms with E-state index in [0.29, 0.717) is 22.9 Å². The van der Waals surface area contributed by atoms with Crippen molar-refractivity contribution < 1.29 is 38.9 Å². The third kappa shape index (κ3) is 9.69. The summed E-state index contributed by atoms with van der Waals surface area (Å²) in [5.41, 5.74) is 5.55. The van der Waals surface area contributed by atoms with E-state index in [9.17, 15) is 29.4 Å². The van der Waals surface area contributed by atoms with Gasteiger partial charge in [0.1, 0.15) is 23.0 Å². The van der Waals surface area contributed by atoms with Gasteiger partial charge in [0, 0.05) is 11.4 Å². The molecule has 0 bridgehead atoms. The maximum atomic E-state index is 14.0. The third-order valence-electron chi connectivity index (χ3n) is 7.81. The molecule has 4 amide bonds. The summed E-state index contributed by atoms with van der Waals surface area (Å²) >= 11 is 0. The number of hydrogen-bond donors (Lipinski definition) is 6. The van der Waals surface area contributed by atoms with Crippen molar-refractivity contribution in [3.8, 4) is 23.0 Å². The predicted molar refractivity (Wildman–Crippen MR) is 192 cm³/mol. The van der Waals surface area contributed by atoms with Crippen molar-refractivity contribution in [3.05, 3.63) is 108 Å². The molecule has 0 unspecified atom stereocenters. The third-order valence-corrected chi connectivity index (χ3v) is 7.81. The van der Waals surface area contributed by atoms with E-state index in [-0.39, 0.29) is 40.5 Å². The lowest BCUT2D eigenvalue weighted by Gasteiger charge is -2.24. The first-order chi connectivity index (χ1) is 24.5. The molecule has 0 saturated heterocycles. The highest BCUT2D eigenvalue weighted by atomic mass is 16.5. The maximum absolute atomic E-state index is 14.0. The van der Waals surface area contributed by atoms with Crippen molar-refractivity contribution in [1.82, 2.24) is 10.9 Å². The number of nitrogens with one attached hydrogen (secondary N) is 4. The van der Waals surface area contributed by atoms with E-state index in [1.54, 1.807) is 72.8 Å². The monoisotopic (exact) mass is 694 g/mol. The number of carbonyl (C=O) groups is 4. The molecule has 51 heavy (non-hydrogen) atoms. The van der Waals surface area contributed by atoms with Crippen LogP contribution in [-0.4, -0.2) is 59.5 Å². The van der Waals surface area contributed by atoms with Crippen molar-refractivity contribution >= 4 is 46.4 Å². The van der Waals surface area contributed by atoms with Gasteiger partial charge in [-0.2, -0.15) is 10.2 Å². The SMILES string of the molecule is COc1ccccc1NC(=O)[C@@H](C[C@@H](C(=O)Nc1ccccc1OC)/C(C)=N\NC(=O)c1ccccc1O)/C(C)=N/NC(=O)c1ccccc1O. The minimum Gasteiger partial charge on any atom is -0.507 e. The zero-order chi connectivity index (χ0) is 36.9. The molecule has 2 atom stereocenters. The average Bonchev–Trinajstić information content (AvgIpc) is 3.13. The van der Waals surface area contributed by atoms with Crippen LogP contribution in [0.15, 0.2) is 107 Å². The van der Waals surface area contributed by atoms with Gasteiger partial charge in [0.05, 0.1) is 48.6 Å². The van der Waals surface area contributed by atoms with Gasteiger partial charge in [-0.3, -0.25) is 19.2 Å². The van der Waals surface area contributed by atoms with Gasteiger partial charge in [0.15, 0.2) is 0 Å². The van der Waals surface area contributed by atoms with Crippen LogP contribution in [0, 0.1) is 11.8 Å². The maximum Gasteiger partial charge on any atom is 0.275 e. The summed E-state index contributed by atoms with van der Waals surface area (Å²) < 4.78 is 10.8. The number of phenols is 2. The lowest BCUT2D eigenvalue weighted by atomic mass is 9.87. The molecule has 0 radical (unpaired) electrons. The summed E-state index contributed by atoms with van der Waals surface area (Å²) in [6.45, 7) is 3.00. The van der Waals surface area contributed by atoms with E-state index in [1.807, 2.05) is 0 Å². The first-order valence-corrected chi connectivity index (χ1v) is 15.7. The molecule has 0 aliphatic rings. The zero-order valence-electron chi connectivity index (χ0n) is 28.3. The van der Waals surface area contributed by atoms with Crippen LogP contribution in [0.25, 0.3) is 0 Å². The summed E-state index contributed by atoms with van der Waals surface area (Å²) in [5, 5.41) is 34.3. The topological polar surface area (TPSA) is 200 Å². The first kappa shape index (κ1) is 37.1. The van der Waals surface area contributed by atoms with Gasteiger partial charge in [-0.15, -0.1) is 0 Å². The zero-order valence-corrected chi connectivity index (χ0v) is 28.3. The lowest BCUT2D eigenvalue weighted by Crippen LogP contribution is -2.38. The van der Waals surface area contributed by atoms with Gasteiger partial charge in [-0.05, 0) is 68.8 Å². The molecule has 0 spiro atoms. The first-order valence-electron chi connectivity index (χ1n) is 15.7. The second-order valence-corrected chi connectivity index (χ2v) is 11.1. The number of amides is 4. The number of carbonyl (C=O) groups excluding carboxylic acids is 4. The number of phenolic OH excluding ortho intramolecular Hbond substituents is 2. The number of hydrogen-bond acceptors (Lipinski definition) is 10. The summed E-state index contributed by atoms with van der Waals surface area (Å²) in [6, 6.07) is 25.2. The Hall–Kier alpha value is -6.70. The predicted octanol–water partition coefficient (Wildman–Crippen LogP) is 4.93. The normalized spacial score (nSPS) is 12.5. The fourth-order valence-electron chi connectivity index (χ4n) is 4.99. The Labute approximate surface area is 294 Å². The standard InChI is InChI=1S/C37H38N6O8/c1-22(40-42-36(48)24-13-5-9-17-30(24)44)26(34(46)38-28-15-7-11-19-32(28)50-3)21-27(35(47)39-29-16-8-12-20-33(29)51-4)23(2)41-43-37(49)25-14-6-10-18-31(25)45/h5-20,26-27,44-45H,21H2,1-4H3,(H,38,46)(H,39,47)(H,42,48)(H,43,49)/b40-22-,41-23+/t26-,27+/m1/s1. The molecule has 4 aromatic carbocycles. The number of para-hydroxylation sites is 6. The van der Waals surface area contributed by atoms with Crippen LogP contribution in [0.5, 0.6) is 23.0 Å². The fourth-order valence-corrected chi connectivity index (χ4v) is 4.99. The molecule has 0 aliphatic carbocycles. The molecule has 4 aromatic rings. The molecule has 264 valence electrons. The molecule has 4 rings (SSSR count). The van der Waals surface area contributed by atoms with E-state index in [4.69, 9.17) is 9.47 Å². The molecule has 0 heterocycles. The Morgan fingerprint density at radius 3 is 1.31 bits per heavy atom. The Kier molecular flexibility index (Phi) is 12.8. The molecular formula is C37H38N6O8. The summed E-state index contributed by atoms with van der Waals surface area (Å²) in [6.07, 6.45) is -0.244. The molecule has 14 heteroatoms. The van der Waals surface area contributed by atoms with E-state index >= 15 is 0 Å². The van der Waals surface area contributed by atoms with Crippen LogP contribution in [0.3, 0.4) is 0 Å². The Bertz CT molecular complexity index is 1820. The van der Waals surface area contributed by atoms with Crippen molar-refractivity contribution in [2.45, 2.75) is 20.3 Å². The van der Waals surface area contributed by atoms with Crippen molar-refractivity contribution in [1.29, 1.82) is 0 Å². The van der Waals surface area contributed by atoms with Crippen LogP contribution >= 0.6 is 0 Å². The lowest BCUT2D eigenvalue weighted by molar-refractivity contribution is -0.120. The molecule has 6 N–H and O–H groups in total. The van der Waals surface area contributed by atoms with Gasteiger partial charge in [0.25, 0.3) is 11.8 Å². The quantitative estimate of drug-likeness (QED) is 0.0788. The van der Waals surface area contributed by atoms with E-state index in [0.717, 1.165) is 0 Å². The summed E-state index contributed by atoms with van der Waals surface area (Å²) in [4.78, 5) is 53.8. The van der Waals surface area contributed by atoms with Gasteiger partial charge >= 0.3 is 0 Å². The van der Waals surface area contributed by atoms with Gasteiger partial charge in [0.2, 0.25) is 11.8 Å².